The Morgan fingerprint density at radius 1 is 1.29 bits per heavy atom. The maximum Gasteiger partial charge on any atom is 0.237 e. The Balaban J connectivity index is 2.49. The van der Waals surface area contributed by atoms with E-state index in [2.05, 4.69) is 0 Å². The molecular formula is C15H23N3O3. The summed E-state index contributed by atoms with van der Waals surface area (Å²) in [7, 11) is 0. The summed E-state index contributed by atoms with van der Waals surface area (Å²) in [6.45, 7) is 4.59. The zero-order valence-corrected chi connectivity index (χ0v) is 12.5. The average molecular weight is 293 g/mol. The van der Waals surface area contributed by atoms with Gasteiger partial charge in [0.15, 0.2) is 0 Å². The number of carbonyl (C=O) groups excluding carboxylic acids is 2. The Morgan fingerprint density at radius 3 is 2.52 bits per heavy atom. The molecule has 0 bridgehead atoms. The van der Waals surface area contributed by atoms with Gasteiger partial charge in [0.25, 0.3) is 0 Å². The van der Waals surface area contributed by atoms with Crippen molar-refractivity contribution in [2.24, 2.45) is 11.7 Å². The number of carbonyl (C=O) groups is 2. The second kappa shape index (κ2) is 8.14. The van der Waals surface area contributed by atoms with Gasteiger partial charge in [-0.05, 0) is 18.1 Å². The van der Waals surface area contributed by atoms with Crippen LogP contribution in [0.15, 0.2) is 24.3 Å². The van der Waals surface area contributed by atoms with Crippen molar-refractivity contribution in [1.82, 2.24) is 4.90 Å². The van der Waals surface area contributed by atoms with Crippen LogP contribution in [0.2, 0.25) is 0 Å². The monoisotopic (exact) mass is 293 g/mol. The predicted molar refractivity (Wildman–Crippen MR) is 81.6 cm³/mol. The molecule has 0 aliphatic carbocycles. The van der Waals surface area contributed by atoms with Crippen molar-refractivity contribution in [3.8, 4) is 5.75 Å². The summed E-state index contributed by atoms with van der Waals surface area (Å²) in [6, 6.07) is 7.10. The highest BCUT2D eigenvalue weighted by Crippen LogP contribution is 2.19. The SMILES string of the molecule is CC(C)CN(CC(N)=O)C(=O)CCOc1ccccc1N. The van der Waals surface area contributed by atoms with E-state index in [4.69, 9.17) is 16.2 Å². The Bertz CT molecular complexity index is 489. The Labute approximate surface area is 125 Å². The molecule has 116 valence electrons. The Kier molecular flexibility index (Phi) is 6.52. The highest BCUT2D eigenvalue weighted by Gasteiger charge is 2.17. The number of nitrogens with two attached hydrogens (primary N) is 2. The van der Waals surface area contributed by atoms with Gasteiger partial charge in [0.2, 0.25) is 11.8 Å². The molecule has 1 aromatic carbocycles. The maximum atomic E-state index is 12.1. The quantitative estimate of drug-likeness (QED) is 0.699. The van der Waals surface area contributed by atoms with Gasteiger partial charge in [-0.3, -0.25) is 9.59 Å². The van der Waals surface area contributed by atoms with Gasteiger partial charge in [-0.25, -0.2) is 0 Å². The molecule has 2 amide bonds. The molecule has 0 spiro atoms. The van der Waals surface area contributed by atoms with Gasteiger partial charge in [-0.1, -0.05) is 26.0 Å². The zero-order chi connectivity index (χ0) is 15.8. The van der Waals surface area contributed by atoms with Gasteiger partial charge < -0.3 is 21.1 Å². The molecule has 0 radical (unpaired) electrons. The molecule has 21 heavy (non-hydrogen) atoms. The van der Waals surface area contributed by atoms with Crippen molar-refractivity contribution < 1.29 is 14.3 Å². The number of rotatable bonds is 8. The lowest BCUT2D eigenvalue weighted by atomic mass is 10.2. The first-order chi connectivity index (χ1) is 9.90. The highest BCUT2D eigenvalue weighted by atomic mass is 16.5. The van der Waals surface area contributed by atoms with Crippen LogP contribution in [0.5, 0.6) is 5.75 Å². The number of ether oxygens (including phenoxy) is 1. The fourth-order valence-corrected chi connectivity index (χ4v) is 1.90. The number of hydrogen-bond donors (Lipinski definition) is 2. The van der Waals surface area contributed by atoms with Crippen LogP contribution in [0, 0.1) is 5.92 Å². The first-order valence-corrected chi connectivity index (χ1v) is 6.93. The van der Waals surface area contributed by atoms with Crippen LogP contribution < -0.4 is 16.2 Å². The van der Waals surface area contributed by atoms with E-state index >= 15 is 0 Å². The molecular weight excluding hydrogens is 270 g/mol. The van der Waals surface area contributed by atoms with Crippen LogP contribution in [0.1, 0.15) is 20.3 Å². The molecule has 6 heteroatoms. The van der Waals surface area contributed by atoms with Gasteiger partial charge in [-0.2, -0.15) is 0 Å². The summed E-state index contributed by atoms with van der Waals surface area (Å²) in [5, 5.41) is 0. The third-order valence-electron chi connectivity index (χ3n) is 2.78. The molecule has 0 aliphatic heterocycles. The lowest BCUT2D eigenvalue weighted by Crippen LogP contribution is -2.41. The molecule has 4 N–H and O–H groups in total. The van der Waals surface area contributed by atoms with Crippen molar-refractivity contribution in [2.75, 3.05) is 25.4 Å². The second-order valence-electron chi connectivity index (χ2n) is 5.27. The molecule has 0 saturated carbocycles. The molecule has 0 aromatic heterocycles. The fourth-order valence-electron chi connectivity index (χ4n) is 1.90. The number of benzene rings is 1. The van der Waals surface area contributed by atoms with Crippen molar-refractivity contribution in [2.45, 2.75) is 20.3 Å². The Morgan fingerprint density at radius 2 is 1.95 bits per heavy atom. The summed E-state index contributed by atoms with van der Waals surface area (Å²) in [5.41, 5.74) is 11.4. The van der Waals surface area contributed by atoms with E-state index in [-0.39, 0.29) is 31.4 Å². The summed E-state index contributed by atoms with van der Waals surface area (Å²) in [4.78, 5) is 24.6. The number of nitrogens with zero attached hydrogens (tertiary/aromatic N) is 1. The van der Waals surface area contributed by atoms with Crippen LogP contribution in [0.3, 0.4) is 0 Å². The highest BCUT2D eigenvalue weighted by molar-refractivity contribution is 5.83. The van der Waals surface area contributed by atoms with Gasteiger partial charge in [-0.15, -0.1) is 0 Å². The molecule has 0 atom stereocenters. The normalized spacial score (nSPS) is 10.4. The molecule has 0 fully saturated rings. The number of para-hydroxylation sites is 2. The standard InChI is InChI=1S/C15H23N3O3/c1-11(2)9-18(10-14(17)19)15(20)7-8-21-13-6-4-3-5-12(13)16/h3-6,11H,7-10,16H2,1-2H3,(H2,17,19). The van der Waals surface area contributed by atoms with E-state index < -0.39 is 5.91 Å². The summed E-state index contributed by atoms with van der Waals surface area (Å²) in [6.07, 6.45) is 0.175. The van der Waals surface area contributed by atoms with Gasteiger partial charge >= 0.3 is 0 Å². The molecule has 0 unspecified atom stereocenters. The minimum atomic E-state index is -0.516. The van der Waals surface area contributed by atoms with E-state index in [1.54, 1.807) is 12.1 Å². The predicted octanol–water partition coefficient (Wildman–Crippen LogP) is 1.01. The minimum Gasteiger partial charge on any atom is -0.491 e. The number of amides is 2. The lowest BCUT2D eigenvalue weighted by molar-refractivity contribution is -0.136. The zero-order valence-electron chi connectivity index (χ0n) is 12.5. The third kappa shape index (κ3) is 6.16. The molecule has 0 saturated heterocycles. The van der Waals surface area contributed by atoms with Gasteiger partial charge in [0, 0.05) is 6.54 Å². The van der Waals surface area contributed by atoms with Crippen LogP contribution in [-0.2, 0) is 9.59 Å². The van der Waals surface area contributed by atoms with Gasteiger partial charge in [0.1, 0.15) is 5.75 Å². The van der Waals surface area contributed by atoms with Crippen LogP contribution in [0.25, 0.3) is 0 Å². The van der Waals surface area contributed by atoms with Crippen LogP contribution >= 0.6 is 0 Å². The number of hydrogen-bond acceptors (Lipinski definition) is 4. The number of primary amides is 1. The molecule has 1 aromatic rings. The summed E-state index contributed by atoms with van der Waals surface area (Å²) >= 11 is 0. The Hall–Kier alpha value is -2.24. The van der Waals surface area contributed by atoms with E-state index in [0.717, 1.165) is 0 Å². The topological polar surface area (TPSA) is 98.6 Å². The molecule has 0 heterocycles. The third-order valence-corrected chi connectivity index (χ3v) is 2.78. The van der Waals surface area contributed by atoms with Crippen molar-refractivity contribution >= 4 is 17.5 Å². The minimum absolute atomic E-state index is 0.0650. The largest absolute Gasteiger partial charge is 0.491 e. The fraction of sp³-hybridized carbons (Fsp3) is 0.467. The first kappa shape index (κ1) is 16.8. The average Bonchev–Trinajstić information content (AvgIpc) is 2.39. The maximum absolute atomic E-state index is 12.1. The van der Waals surface area contributed by atoms with E-state index in [0.29, 0.717) is 18.0 Å². The summed E-state index contributed by atoms with van der Waals surface area (Å²) in [5.74, 6) is 0.142. The first-order valence-electron chi connectivity index (χ1n) is 6.93. The number of nitrogen functional groups attached to an aromatic ring is 1. The van der Waals surface area contributed by atoms with E-state index in [1.165, 1.54) is 4.90 Å². The lowest BCUT2D eigenvalue weighted by Gasteiger charge is -2.23. The van der Waals surface area contributed by atoms with Gasteiger partial charge in [0.05, 0.1) is 25.3 Å². The second-order valence-corrected chi connectivity index (χ2v) is 5.27. The van der Waals surface area contributed by atoms with E-state index in [9.17, 15) is 9.59 Å². The molecule has 0 aliphatic rings. The van der Waals surface area contributed by atoms with Crippen molar-refractivity contribution in [3.05, 3.63) is 24.3 Å². The van der Waals surface area contributed by atoms with Crippen molar-refractivity contribution in [1.29, 1.82) is 0 Å². The molecule has 1 rings (SSSR count). The van der Waals surface area contributed by atoms with Crippen LogP contribution in [0.4, 0.5) is 5.69 Å². The smallest absolute Gasteiger partial charge is 0.237 e. The van der Waals surface area contributed by atoms with Crippen molar-refractivity contribution in [3.63, 3.8) is 0 Å². The van der Waals surface area contributed by atoms with E-state index in [1.807, 2.05) is 26.0 Å². The summed E-state index contributed by atoms with van der Waals surface area (Å²) < 4.78 is 5.48. The molecule has 6 nitrogen and oxygen atoms in total. The van der Waals surface area contributed by atoms with Crippen LogP contribution in [-0.4, -0.2) is 36.4 Å². The number of anilines is 1.